The first-order chi connectivity index (χ1) is 12.9. The fraction of sp³-hybridized carbons (Fsp3) is 0.364. The maximum Gasteiger partial charge on any atom is 0.231 e. The van der Waals surface area contributed by atoms with Gasteiger partial charge >= 0.3 is 0 Å². The monoisotopic (exact) mass is 384 g/mol. The van der Waals surface area contributed by atoms with E-state index in [1.54, 1.807) is 0 Å². The number of halogens is 1. The average molecular weight is 385 g/mol. The molecule has 2 N–H and O–H groups in total. The summed E-state index contributed by atoms with van der Waals surface area (Å²) < 4.78 is 0. The van der Waals surface area contributed by atoms with Crippen molar-refractivity contribution in [3.63, 3.8) is 0 Å². The van der Waals surface area contributed by atoms with Crippen LogP contribution >= 0.6 is 11.6 Å². The number of hydrogen-bond donors (Lipinski definition) is 2. The second kappa shape index (κ2) is 8.13. The highest BCUT2D eigenvalue weighted by atomic mass is 35.5. The fourth-order valence-corrected chi connectivity index (χ4v) is 4.11. The number of nitrogens with one attached hydrogen (secondary N) is 2. The summed E-state index contributed by atoms with van der Waals surface area (Å²) in [7, 11) is 0. The van der Waals surface area contributed by atoms with Gasteiger partial charge in [0.15, 0.2) is 0 Å². The van der Waals surface area contributed by atoms with Crippen LogP contribution in [0.5, 0.6) is 0 Å². The van der Waals surface area contributed by atoms with Gasteiger partial charge in [-0.3, -0.25) is 9.59 Å². The fourth-order valence-electron chi connectivity index (χ4n) is 3.92. The zero-order valence-electron chi connectivity index (χ0n) is 15.7. The summed E-state index contributed by atoms with van der Waals surface area (Å²) in [6.45, 7) is 3.44. The first-order valence-corrected chi connectivity index (χ1v) is 9.73. The van der Waals surface area contributed by atoms with Crippen molar-refractivity contribution in [2.45, 2.75) is 51.0 Å². The number of carbonyl (C=O) groups excluding carboxylic acids is 2. The maximum absolute atomic E-state index is 13.3. The van der Waals surface area contributed by atoms with Crippen LogP contribution in [0.1, 0.15) is 56.7 Å². The van der Waals surface area contributed by atoms with Crippen molar-refractivity contribution in [2.24, 2.45) is 0 Å². The molecule has 1 aliphatic carbocycles. The molecule has 4 nitrogen and oxygen atoms in total. The minimum Gasteiger partial charge on any atom is -0.349 e. The third kappa shape index (κ3) is 4.33. The quantitative estimate of drug-likeness (QED) is 0.763. The Morgan fingerprint density at radius 3 is 2.44 bits per heavy atom. The predicted octanol–water partition coefficient (Wildman–Crippen LogP) is 4.99. The van der Waals surface area contributed by atoms with Crippen LogP contribution in [0.3, 0.4) is 0 Å². The van der Waals surface area contributed by atoms with Gasteiger partial charge in [0.25, 0.3) is 0 Å². The number of anilines is 1. The summed E-state index contributed by atoms with van der Waals surface area (Å²) in [6, 6.07) is 15.1. The molecule has 0 radical (unpaired) electrons. The van der Waals surface area contributed by atoms with Crippen LogP contribution in [-0.2, 0) is 15.0 Å². The Morgan fingerprint density at radius 2 is 1.78 bits per heavy atom. The molecule has 2 aromatic rings. The average Bonchev–Trinajstić information content (AvgIpc) is 3.12. The van der Waals surface area contributed by atoms with Crippen molar-refractivity contribution in [3.05, 3.63) is 64.7 Å². The highest BCUT2D eigenvalue weighted by molar-refractivity contribution is 6.30. The first-order valence-electron chi connectivity index (χ1n) is 9.35. The molecule has 1 saturated carbocycles. The maximum atomic E-state index is 13.3. The lowest BCUT2D eigenvalue weighted by atomic mass is 9.77. The third-order valence-corrected chi connectivity index (χ3v) is 5.56. The van der Waals surface area contributed by atoms with Crippen LogP contribution < -0.4 is 10.6 Å². The molecule has 1 aliphatic rings. The minimum atomic E-state index is -0.519. The van der Waals surface area contributed by atoms with E-state index >= 15 is 0 Å². The molecular formula is C22H25ClN2O2. The molecule has 142 valence electrons. The number of benzene rings is 2. The molecule has 0 saturated heterocycles. The zero-order valence-corrected chi connectivity index (χ0v) is 16.5. The van der Waals surface area contributed by atoms with Gasteiger partial charge in [-0.2, -0.15) is 0 Å². The molecule has 2 aromatic carbocycles. The topological polar surface area (TPSA) is 58.2 Å². The Morgan fingerprint density at radius 1 is 1.07 bits per heavy atom. The van der Waals surface area contributed by atoms with E-state index in [4.69, 9.17) is 11.6 Å². The van der Waals surface area contributed by atoms with Gasteiger partial charge in [0, 0.05) is 17.6 Å². The number of hydrogen-bond acceptors (Lipinski definition) is 2. The summed E-state index contributed by atoms with van der Waals surface area (Å²) in [5.41, 5.74) is 2.15. The van der Waals surface area contributed by atoms with E-state index in [-0.39, 0.29) is 17.9 Å². The van der Waals surface area contributed by atoms with Gasteiger partial charge in [0.05, 0.1) is 11.5 Å². The van der Waals surface area contributed by atoms with Gasteiger partial charge in [-0.05, 0) is 55.2 Å². The highest BCUT2D eigenvalue weighted by Crippen LogP contribution is 2.42. The third-order valence-electron chi connectivity index (χ3n) is 5.32. The largest absolute Gasteiger partial charge is 0.349 e. The first kappa shape index (κ1) is 19.4. The van der Waals surface area contributed by atoms with Gasteiger partial charge in [0.2, 0.25) is 11.8 Å². The van der Waals surface area contributed by atoms with E-state index in [1.165, 1.54) is 6.92 Å². The summed E-state index contributed by atoms with van der Waals surface area (Å²) in [5.74, 6) is -0.0746. The molecule has 0 heterocycles. The van der Waals surface area contributed by atoms with Crippen LogP contribution in [0.2, 0.25) is 5.02 Å². The van der Waals surface area contributed by atoms with E-state index in [0.29, 0.717) is 5.02 Å². The molecule has 5 heteroatoms. The van der Waals surface area contributed by atoms with Crippen LogP contribution in [0, 0.1) is 0 Å². The van der Waals surface area contributed by atoms with Crippen molar-refractivity contribution in [1.29, 1.82) is 0 Å². The lowest BCUT2D eigenvalue weighted by Gasteiger charge is -2.30. The predicted molar refractivity (Wildman–Crippen MR) is 109 cm³/mol. The molecule has 0 bridgehead atoms. The van der Waals surface area contributed by atoms with Crippen LogP contribution in [0.4, 0.5) is 5.69 Å². The van der Waals surface area contributed by atoms with Crippen molar-refractivity contribution in [1.82, 2.24) is 5.32 Å². The normalized spacial score (nSPS) is 16.6. The van der Waals surface area contributed by atoms with Crippen molar-refractivity contribution in [3.8, 4) is 0 Å². The van der Waals surface area contributed by atoms with E-state index in [2.05, 4.69) is 10.6 Å². The van der Waals surface area contributed by atoms with Crippen molar-refractivity contribution < 1.29 is 9.59 Å². The molecule has 1 fully saturated rings. The summed E-state index contributed by atoms with van der Waals surface area (Å²) in [6.07, 6.45) is 3.73. The molecular weight excluding hydrogens is 360 g/mol. The molecule has 0 unspecified atom stereocenters. The summed E-state index contributed by atoms with van der Waals surface area (Å²) in [5, 5.41) is 6.62. The smallest absolute Gasteiger partial charge is 0.231 e. The Balaban J connectivity index is 1.81. The van der Waals surface area contributed by atoms with Crippen LogP contribution in [0.15, 0.2) is 48.5 Å². The molecule has 0 aliphatic heterocycles. The number of carbonyl (C=O) groups is 2. The van der Waals surface area contributed by atoms with E-state index in [0.717, 1.165) is 42.5 Å². The number of amides is 2. The second-order valence-corrected chi connectivity index (χ2v) is 7.74. The summed E-state index contributed by atoms with van der Waals surface area (Å²) in [4.78, 5) is 24.6. The van der Waals surface area contributed by atoms with Gasteiger partial charge < -0.3 is 10.6 Å². The Labute approximate surface area is 165 Å². The minimum absolute atomic E-state index is 0.0414. The molecule has 3 rings (SSSR count). The standard InChI is InChI=1S/C22H25ClN2O2/c1-15(17-7-5-10-20(13-17)25-16(2)26)24-21(27)22(11-3-4-12-22)18-8-6-9-19(23)14-18/h5-10,13-15H,3-4,11-12H2,1-2H3,(H,24,27)(H,25,26)/t15-/m1/s1. The Hall–Kier alpha value is -2.33. The lowest BCUT2D eigenvalue weighted by molar-refractivity contribution is -0.127. The Bertz CT molecular complexity index is 844. The molecule has 2 amide bonds. The summed E-state index contributed by atoms with van der Waals surface area (Å²) >= 11 is 6.18. The molecule has 0 spiro atoms. The van der Waals surface area contributed by atoms with Crippen molar-refractivity contribution in [2.75, 3.05) is 5.32 Å². The number of rotatable bonds is 5. The van der Waals surface area contributed by atoms with E-state index in [1.807, 2.05) is 55.5 Å². The van der Waals surface area contributed by atoms with Gasteiger partial charge in [-0.25, -0.2) is 0 Å². The molecule has 27 heavy (non-hydrogen) atoms. The van der Waals surface area contributed by atoms with Crippen LogP contribution in [0.25, 0.3) is 0 Å². The molecule has 0 aromatic heterocycles. The Kier molecular flexibility index (Phi) is 5.85. The highest BCUT2D eigenvalue weighted by Gasteiger charge is 2.43. The second-order valence-electron chi connectivity index (χ2n) is 7.30. The van der Waals surface area contributed by atoms with E-state index < -0.39 is 5.41 Å². The van der Waals surface area contributed by atoms with Gasteiger partial charge in [-0.15, -0.1) is 0 Å². The SMILES string of the molecule is CC(=O)Nc1cccc([C@@H](C)NC(=O)C2(c3cccc(Cl)c3)CCCC2)c1. The van der Waals surface area contributed by atoms with Gasteiger partial charge in [0.1, 0.15) is 0 Å². The van der Waals surface area contributed by atoms with Gasteiger partial charge in [-0.1, -0.05) is 48.7 Å². The van der Waals surface area contributed by atoms with Crippen LogP contribution in [-0.4, -0.2) is 11.8 Å². The lowest BCUT2D eigenvalue weighted by Crippen LogP contribution is -2.43. The molecule has 1 atom stereocenters. The zero-order chi connectivity index (χ0) is 19.4. The van der Waals surface area contributed by atoms with Crippen molar-refractivity contribution >= 4 is 29.1 Å². The van der Waals surface area contributed by atoms with E-state index in [9.17, 15) is 9.59 Å².